The summed E-state index contributed by atoms with van der Waals surface area (Å²) in [6.45, 7) is 7.20. The van der Waals surface area contributed by atoms with Gasteiger partial charge in [0.25, 0.3) is 0 Å². The van der Waals surface area contributed by atoms with Crippen molar-refractivity contribution in [1.82, 2.24) is 4.90 Å². The summed E-state index contributed by atoms with van der Waals surface area (Å²) in [5.74, 6) is 0.147. The number of anilines is 2. The number of hydrogen-bond acceptors (Lipinski definition) is 3. The van der Waals surface area contributed by atoms with Gasteiger partial charge in [0.1, 0.15) is 6.17 Å². The number of nitrogens with zero attached hydrogens (tertiary/aromatic N) is 3. The molecule has 4 nitrogen and oxygen atoms in total. The molecule has 0 bridgehead atoms. The highest BCUT2D eigenvalue weighted by molar-refractivity contribution is 6.42. The summed E-state index contributed by atoms with van der Waals surface area (Å²) in [6.07, 6.45) is 1.85. The second kappa shape index (κ2) is 7.94. The van der Waals surface area contributed by atoms with Crippen molar-refractivity contribution in [3.8, 4) is 0 Å². The van der Waals surface area contributed by atoms with E-state index in [-0.39, 0.29) is 18.1 Å². The van der Waals surface area contributed by atoms with Crippen LogP contribution in [0.1, 0.15) is 38.4 Å². The zero-order valence-corrected chi connectivity index (χ0v) is 17.7. The van der Waals surface area contributed by atoms with Crippen LogP contribution in [0, 0.1) is 0 Å². The first-order valence-corrected chi connectivity index (χ1v) is 10.7. The molecule has 6 heteroatoms. The lowest BCUT2D eigenvalue weighted by Crippen LogP contribution is -2.32. The number of halogens is 2. The molecule has 0 saturated carbocycles. The Morgan fingerprint density at radius 3 is 2.39 bits per heavy atom. The molecule has 0 unspecified atom stereocenters. The number of rotatable bonds is 5. The van der Waals surface area contributed by atoms with Crippen LogP contribution in [0.2, 0.25) is 10.0 Å². The van der Waals surface area contributed by atoms with Crippen LogP contribution in [0.3, 0.4) is 0 Å². The zero-order chi connectivity index (χ0) is 19.8. The average molecular weight is 418 g/mol. The number of fused-ring (bicyclic) bond motifs is 1. The molecular weight excluding hydrogens is 393 g/mol. The maximum atomic E-state index is 13.2. The molecule has 2 aliphatic heterocycles. The van der Waals surface area contributed by atoms with E-state index in [2.05, 4.69) is 47.9 Å². The lowest BCUT2D eigenvalue weighted by atomic mass is 10.1. The van der Waals surface area contributed by atoms with Gasteiger partial charge in [-0.25, -0.2) is 0 Å². The van der Waals surface area contributed by atoms with Gasteiger partial charge in [0, 0.05) is 31.0 Å². The molecule has 4 rings (SSSR count). The third-order valence-corrected chi connectivity index (χ3v) is 6.62. The van der Waals surface area contributed by atoms with Crippen molar-refractivity contribution >= 4 is 40.5 Å². The maximum Gasteiger partial charge on any atom is 0.246 e. The van der Waals surface area contributed by atoms with E-state index < -0.39 is 0 Å². The Morgan fingerprint density at radius 1 is 1.04 bits per heavy atom. The van der Waals surface area contributed by atoms with Crippen LogP contribution < -0.4 is 9.80 Å². The second-order valence-electron chi connectivity index (χ2n) is 7.34. The molecule has 2 atom stereocenters. The van der Waals surface area contributed by atoms with Crippen LogP contribution in [-0.4, -0.2) is 36.5 Å². The Bertz CT molecular complexity index is 867. The van der Waals surface area contributed by atoms with Gasteiger partial charge in [0.15, 0.2) is 0 Å². The summed E-state index contributed by atoms with van der Waals surface area (Å²) in [4.78, 5) is 19.8. The Balaban J connectivity index is 1.73. The average Bonchev–Trinajstić information content (AvgIpc) is 3.28. The minimum atomic E-state index is -0.108. The van der Waals surface area contributed by atoms with Crippen LogP contribution in [0.25, 0.3) is 0 Å². The summed E-state index contributed by atoms with van der Waals surface area (Å²) in [5, 5.41) is 0.965. The summed E-state index contributed by atoms with van der Waals surface area (Å²) in [6, 6.07) is 14.0. The molecule has 1 amide bonds. The van der Waals surface area contributed by atoms with Crippen molar-refractivity contribution in [3.05, 3.63) is 58.1 Å². The fourth-order valence-electron chi connectivity index (χ4n) is 4.47. The summed E-state index contributed by atoms with van der Waals surface area (Å²) in [5.41, 5.74) is 3.13. The highest BCUT2D eigenvalue weighted by Gasteiger charge is 2.49. The molecule has 2 aromatic rings. The first-order valence-electron chi connectivity index (χ1n) is 9.94. The van der Waals surface area contributed by atoms with Gasteiger partial charge in [-0.1, -0.05) is 35.3 Å². The van der Waals surface area contributed by atoms with E-state index in [1.807, 2.05) is 11.0 Å². The molecule has 0 spiro atoms. The fraction of sp³-hybridized carbons (Fsp3) is 0.409. The first kappa shape index (κ1) is 19.6. The lowest BCUT2D eigenvalue weighted by Gasteiger charge is -2.30. The first-order chi connectivity index (χ1) is 13.5. The standard InChI is InChI=1S/C22H25Cl2N3O/c1-3-25(4-2)16-9-7-15(8-10-16)21-26-13-5-6-20(26)22(28)27(21)17-11-12-18(23)19(24)14-17/h7-12,14,20-21H,3-6,13H2,1-2H3/t20-,21+/m0/s1. The smallest absolute Gasteiger partial charge is 0.246 e. The summed E-state index contributed by atoms with van der Waals surface area (Å²) in [7, 11) is 0. The van der Waals surface area contributed by atoms with Gasteiger partial charge in [-0.3, -0.25) is 14.6 Å². The topological polar surface area (TPSA) is 26.8 Å². The van der Waals surface area contributed by atoms with E-state index in [1.54, 1.807) is 12.1 Å². The van der Waals surface area contributed by atoms with E-state index in [4.69, 9.17) is 23.2 Å². The normalized spacial score (nSPS) is 22.0. The molecule has 0 aliphatic carbocycles. The quantitative estimate of drug-likeness (QED) is 0.655. The van der Waals surface area contributed by atoms with Gasteiger partial charge in [0.2, 0.25) is 5.91 Å². The third-order valence-electron chi connectivity index (χ3n) is 5.88. The van der Waals surface area contributed by atoms with Gasteiger partial charge >= 0.3 is 0 Å². The number of carbonyl (C=O) groups is 1. The van der Waals surface area contributed by atoms with Crippen molar-refractivity contribution < 1.29 is 4.79 Å². The third kappa shape index (κ3) is 3.28. The molecule has 0 aromatic heterocycles. The van der Waals surface area contributed by atoms with Gasteiger partial charge < -0.3 is 4.90 Å². The van der Waals surface area contributed by atoms with E-state index in [1.165, 1.54) is 5.69 Å². The van der Waals surface area contributed by atoms with Gasteiger partial charge in [-0.05, 0) is 62.6 Å². The minimum Gasteiger partial charge on any atom is -0.372 e. The SMILES string of the molecule is CCN(CC)c1ccc([C@H]2N(c3ccc(Cl)c(Cl)c3)C(=O)[C@@H]3CCCN32)cc1. The number of hydrogen-bond donors (Lipinski definition) is 0. The Labute approximate surface area is 176 Å². The highest BCUT2D eigenvalue weighted by Crippen LogP contribution is 2.43. The van der Waals surface area contributed by atoms with E-state index in [9.17, 15) is 4.79 Å². The monoisotopic (exact) mass is 417 g/mol. The lowest BCUT2D eigenvalue weighted by molar-refractivity contribution is -0.119. The number of carbonyl (C=O) groups excluding carboxylic acids is 1. The van der Waals surface area contributed by atoms with Crippen LogP contribution in [0.4, 0.5) is 11.4 Å². The molecule has 2 aliphatic rings. The van der Waals surface area contributed by atoms with Gasteiger partial charge in [-0.2, -0.15) is 0 Å². The molecule has 2 heterocycles. The van der Waals surface area contributed by atoms with E-state index >= 15 is 0 Å². The Morgan fingerprint density at radius 2 is 1.75 bits per heavy atom. The molecule has 2 saturated heterocycles. The molecule has 0 N–H and O–H groups in total. The molecule has 2 fully saturated rings. The Hall–Kier alpha value is -1.75. The minimum absolute atomic E-state index is 0.0538. The number of amides is 1. The summed E-state index contributed by atoms with van der Waals surface area (Å²) >= 11 is 12.3. The molecule has 0 radical (unpaired) electrons. The largest absolute Gasteiger partial charge is 0.372 e. The van der Waals surface area contributed by atoms with Crippen molar-refractivity contribution in [1.29, 1.82) is 0 Å². The van der Waals surface area contributed by atoms with Crippen LogP contribution >= 0.6 is 23.2 Å². The van der Waals surface area contributed by atoms with E-state index in [0.29, 0.717) is 10.0 Å². The fourth-order valence-corrected chi connectivity index (χ4v) is 4.76. The number of benzene rings is 2. The van der Waals surface area contributed by atoms with Gasteiger partial charge in [0.05, 0.1) is 16.1 Å². The van der Waals surface area contributed by atoms with Crippen LogP contribution in [-0.2, 0) is 4.79 Å². The molecule has 148 valence electrons. The second-order valence-corrected chi connectivity index (χ2v) is 8.15. The predicted molar refractivity (Wildman–Crippen MR) is 116 cm³/mol. The Kier molecular flexibility index (Phi) is 5.55. The van der Waals surface area contributed by atoms with Crippen LogP contribution in [0.15, 0.2) is 42.5 Å². The van der Waals surface area contributed by atoms with Crippen molar-refractivity contribution in [2.45, 2.75) is 38.9 Å². The maximum absolute atomic E-state index is 13.2. The van der Waals surface area contributed by atoms with E-state index in [0.717, 1.165) is 43.7 Å². The molecular formula is C22H25Cl2N3O. The van der Waals surface area contributed by atoms with Crippen LogP contribution in [0.5, 0.6) is 0 Å². The highest BCUT2D eigenvalue weighted by atomic mass is 35.5. The molecule has 28 heavy (non-hydrogen) atoms. The van der Waals surface area contributed by atoms with Crippen molar-refractivity contribution in [2.75, 3.05) is 29.4 Å². The zero-order valence-electron chi connectivity index (χ0n) is 16.2. The predicted octanol–water partition coefficient (Wildman–Crippen LogP) is 5.35. The molecule has 2 aromatic carbocycles. The van der Waals surface area contributed by atoms with Gasteiger partial charge in [-0.15, -0.1) is 0 Å². The van der Waals surface area contributed by atoms with Crippen molar-refractivity contribution in [3.63, 3.8) is 0 Å². The van der Waals surface area contributed by atoms with Crippen molar-refractivity contribution in [2.24, 2.45) is 0 Å². The summed E-state index contributed by atoms with van der Waals surface area (Å²) < 4.78 is 0.